The van der Waals surface area contributed by atoms with Gasteiger partial charge in [-0.25, -0.2) is 4.79 Å². The first-order valence-corrected chi connectivity index (χ1v) is 10.7. The van der Waals surface area contributed by atoms with Crippen LogP contribution in [0.3, 0.4) is 0 Å². The third kappa shape index (κ3) is 3.70. The Morgan fingerprint density at radius 2 is 1.66 bits per heavy atom. The van der Waals surface area contributed by atoms with E-state index >= 15 is 0 Å². The molecule has 1 fully saturated rings. The average Bonchev–Trinajstić information content (AvgIpc) is 3.23. The van der Waals surface area contributed by atoms with Gasteiger partial charge in [0, 0.05) is 17.2 Å². The van der Waals surface area contributed by atoms with Gasteiger partial charge in [0.25, 0.3) is 0 Å². The van der Waals surface area contributed by atoms with E-state index < -0.39 is 55.0 Å². The van der Waals surface area contributed by atoms with E-state index in [1.807, 2.05) is 0 Å². The van der Waals surface area contributed by atoms with Gasteiger partial charge in [0.05, 0.1) is 20.1 Å². The Bertz CT molecular complexity index is 1140. The Kier molecular flexibility index (Phi) is 5.85. The van der Waals surface area contributed by atoms with Crippen LogP contribution in [0.25, 0.3) is 0 Å². The Morgan fingerprint density at radius 1 is 0.914 bits per heavy atom. The molecule has 8 unspecified atom stereocenters. The molecule has 5 rings (SSSR count). The number of fused-ring (bicyclic) bond motifs is 5. The predicted molar refractivity (Wildman–Crippen MR) is 114 cm³/mol. The second-order valence-electron chi connectivity index (χ2n) is 8.34. The zero-order chi connectivity index (χ0) is 25.0. The molecule has 0 amide bonds. The molecule has 3 heterocycles. The van der Waals surface area contributed by atoms with E-state index in [9.17, 15) is 30.3 Å². The standard InChI is InChI=1S/C23H24O12/c1-30-11-6-5-10-13-17(34-18(10)19(11)31-2)9-4-3-8(7-12(9)33-22(13)29)32-23-16(26)14(24)15(25)20(35-23)21(27)28/h3-7,13-17,20,22-26,29H,1-2H3,(H,27,28). The van der Waals surface area contributed by atoms with Crippen molar-refractivity contribution < 1.29 is 58.7 Å². The minimum Gasteiger partial charge on any atom is -0.493 e. The highest BCUT2D eigenvalue weighted by molar-refractivity contribution is 5.73. The molecule has 1 saturated heterocycles. The zero-order valence-corrected chi connectivity index (χ0v) is 18.6. The Morgan fingerprint density at radius 3 is 2.34 bits per heavy atom. The summed E-state index contributed by atoms with van der Waals surface area (Å²) >= 11 is 0. The molecule has 0 aliphatic carbocycles. The Balaban J connectivity index is 1.42. The number of carboxylic acid groups (broad SMARTS) is 1. The van der Waals surface area contributed by atoms with Gasteiger partial charge >= 0.3 is 5.97 Å². The van der Waals surface area contributed by atoms with Crippen molar-refractivity contribution in [3.8, 4) is 28.7 Å². The highest BCUT2D eigenvalue weighted by Crippen LogP contribution is 2.57. The summed E-state index contributed by atoms with van der Waals surface area (Å²) in [5.41, 5.74) is 1.30. The molecule has 0 bridgehead atoms. The van der Waals surface area contributed by atoms with Gasteiger partial charge in [0.1, 0.15) is 35.9 Å². The molecular formula is C23H24O12. The largest absolute Gasteiger partial charge is 0.493 e. The maximum Gasteiger partial charge on any atom is 0.335 e. The summed E-state index contributed by atoms with van der Waals surface area (Å²) in [6, 6.07) is 8.07. The summed E-state index contributed by atoms with van der Waals surface area (Å²) in [6.07, 6.45) is -10.6. The average molecular weight is 492 g/mol. The number of aliphatic hydroxyl groups is 4. The first-order chi connectivity index (χ1) is 16.7. The van der Waals surface area contributed by atoms with Crippen LogP contribution in [-0.4, -0.2) is 82.7 Å². The van der Waals surface area contributed by atoms with Crippen molar-refractivity contribution in [1.82, 2.24) is 0 Å². The minimum atomic E-state index is -1.84. The summed E-state index contributed by atoms with van der Waals surface area (Å²) in [5.74, 6) is -0.432. The van der Waals surface area contributed by atoms with E-state index in [1.54, 1.807) is 18.2 Å². The lowest BCUT2D eigenvalue weighted by Crippen LogP contribution is -2.61. The molecule has 0 spiro atoms. The van der Waals surface area contributed by atoms with Crippen molar-refractivity contribution in [2.45, 2.75) is 49.0 Å². The summed E-state index contributed by atoms with van der Waals surface area (Å²) in [4.78, 5) is 11.3. The Labute approximate surface area is 198 Å². The number of carbonyl (C=O) groups is 1. The van der Waals surface area contributed by atoms with Gasteiger partial charge in [-0.1, -0.05) is 6.07 Å². The molecule has 0 radical (unpaired) electrons. The summed E-state index contributed by atoms with van der Waals surface area (Å²) in [6.45, 7) is 0. The van der Waals surface area contributed by atoms with Crippen LogP contribution in [0, 0.1) is 0 Å². The lowest BCUT2D eigenvalue weighted by Gasteiger charge is -2.38. The van der Waals surface area contributed by atoms with Crippen LogP contribution in [0.2, 0.25) is 0 Å². The quantitative estimate of drug-likeness (QED) is 0.376. The zero-order valence-electron chi connectivity index (χ0n) is 18.6. The van der Waals surface area contributed by atoms with Crippen molar-refractivity contribution in [2.75, 3.05) is 14.2 Å². The number of ether oxygens (including phenoxy) is 6. The number of methoxy groups -OCH3 is 2. The topological polar surface area (TPSA) is 174 Å². The fraction of sp³-hybridized carbons (Fsp3) is 0.435. The van der Waals surface area contributed by atoms with Gasteiger partial charge in [-0.15, -0.1) is 0 Å². The molecule has 2 aromatic carbocycles. The summed E-state index contributed by atoms with van der Waals surface area (Å²) in [7, 11) is 2.99. The van der Waals surface area contributed by atoms with Crippen molar-refractivity contribution in [1.29, 1.82) is 0 Å². The number of aliphatic hydroxyl groups excluding tert-OH is 4. The fourth-order valence-corrected chi connectivity index (χ4v) is 4.63. The molecule has 12 heteroatoms. The first kappa shape index (κ1) is 23.5. The molecule has 2 aromatic rings. The van der Waals surface area contributed by atoms with Crippen LogP contribution >= 0.6 is 0 Å². The molecule has 35 heavy (non-hydrogen) atoms. The van der Waals surface area contributed by atoms with Gasteiger partial charge in [-0.05, 0) is 18.2 Å². The maximum atomic E-state index is 11.3. The van der Waals surface area contributed by atoms with Gasteiger partial charge in [0.2, 0.25) is 18.3 Å². The van der Waals surface area contributed by atoms with Gasteiger partial charge in [-0.2, -0.15) is 0 Å². The summed E-state index contributed by atoms with van der Waals surface area (Å²) in [5, 5.41) is 50.0. The van der Waals surface area contributed by atoms with E-state index in [4.69, 9.17) is 28.4 Å². The van der Waals surface area contributed by atoms with Crippen molar-refractivity contribution in [2.24, 2.45) is 0 Å². The Hall–Kier alpha value is -3.29. The van der Waals surface area contributed by atoms with Crippen LogP contribution in [-0.2, 0) is 9.53 Å². The van der Waals surface area contributed by atoms with Crippen LogP contribution < -0.4 is 23.7 Å². The SMILES string of the molecule is COc1ccc2c(c1OC)OC1c3ccc(OC4OC(C(=O)O)C(O)C(O)C4O)cc3OC(O)C21. The van der Waals surface area contributed by atoms with Crippen LogP contribution in [0.4, 0.5) is 0 Å². The molecular weight excluding hydrogens is 468 g/mol. The van der Waals surface area contributed by atoms with Crippen molar-refractivity contribution >= 4 is 5.97 Å². The second-order valence-corrected chi connectivity index (χ2v) is 8.34. The number of carboxylic acids is 1. The smallest absolute Gasteiger partial charge is 0.335 e. The van der Waals surface area contributed by atoms with E-state index in [0.717, 1.165) is 0 Å². The molecule has 5 N–H and O–H groups in total. The van der Waals surface area contributed by atoms with Crippen LogP contribution in [0.15, 0.2) is 30.3 Å². The van der Waals surface area contributed by atoms with Gasteiger partial charge in [0.15, 0.2) is 17.6 Å². The molecule has 188 valence electrons. The molecule has 0 aromatic heterocycles. The molecule has 8 atom stereocenters. The molecule has 3 aliphatic rings. The van der Waals surface area contributed by atoms with E-state index in [-0.39, 0.29) is 11.5 Å². The van der Waals surface area contributed by atoms with Gasteiger partial charge in [-0.3, -0.25) is 0 Å². The van der Waals surface area contributed by atoms with E-state index in [2.05, 4.69) is 0 Å². The third-order valence-electron chi connectivity index (χ3n) is 6.37. The van der Waals surface area contributed by atoms with E-state index in [1.165, 1.54) is 26.4 Å². The highest BCUT2D eigenvalue weighted by atomic mass is 16.7. The lowest BCUT2D eigenvalue weighted by molar-refractivity contribution is -0.271. The predicted octanol–water partition coefficient (Wildman–Crippen LogP) is -0.0971. The third-order valence-corrected chi connectivity index (χ3v) is 6.37. The monoisotopic (exact) mass is 492 g/mol. The van der Waals surface area contributed by atoms with Crippen molar-refractivity contribution in [3.63, 3.8) is 0 Å². The molecule has 0 saturated carbocycles. The van der Waals surface area contributed by atoms with Crippen molar-refractivity contribution in [3.05, 3.63) is 41.5 Å². The number of hydrogen-bond donors (Lipinski definition) is 5. The first-order valence-electron chi connectivity index (χ1n) is 10.7. The molecule has 12 nitrogen and oxygen atoms in total. The van der Waals surface area contributed by atoms with Crippen LogP contribution in [0.5, 0.6) is 28.7 Å². The molecule has 3 aliphatic heterocycles. The summed E-state index contributed by atoms with van der Waals surface area (Å²) < 4.78 is 33.4. The maximum absolute atomic E-state index is 11.3. The normalized spacial score (nSPS) is 32.9. The lowest BCUT2D eigenvalue weighted by atomic mass is 9.88. The minimum absolute atomic E-state index is 0.0981. The second kappa shape index (κ2) is 8.73. The van der Waals surface area contributed by atoms with Crippen LogP contribution in [0.1, 0.15) is 23.1 Å². The fourth-order valence-electron chi connectivity index (χ4n) is 4.63. The number of benzene rings is 2. The van der Waals surface area contributed by atoms with Gasteiger partial charge < -0.3 is 54.0 Å². The van der Waals surface area contributed by atoms with E-state index in [0.29, 0.717) is 28.4 Å². The highest BCUT2D eigenvalue weighted by Gasteiger charge is 2.49. The number of aliphatic carboxylic acids is 1. The number of hydrogen-bond acceptors (Lipinski definition) is 11. The number of rotatable bonds is 5.